The first-order valence-electron chi connectivity index (χ1n) is 5.46. The molecule has 2 nitrogen and oxygen atoms in total. The molecule has 0 aliphatic carbocycles. The maximum Gasteiger partial charge on any atom is 0.103 e. The molecule has 0 amide bonds. The molecule has 1 heterocycles. The normalized spacial score (nSPS) is 19.1. The van der Waals surface area contributed by atoms with Crippen LogP contribution in [0.4, 0.5) is 0 Å². The Hall–Kier alpha value is -1.57. The van der Waals surface area contributed by atoms with Gasteiger partial charge in [0, 0.05) is 0 Å². The van der Waals surface area contributed by atoms with Crippen LogP contribution in [-0.2, 0) is 0 Å². The zero-order valence-corrected chi connectivity index (χ0v) is 11.5. The van der Waals surface area contributed by atoms with Crippen LogP contribution in [0.25, 0.3) is 5.57 Å². The molecule has 1 aliphatic heterocycles. The highest BCUT2D eigenvalue weighted by Crippen LogP contribution is 2.36. The Kier molecular flexibility index (Phi) is 3.85. The summed E-state index contributed by atoms with van der Waals surface area (Å²) in [6, 6.07) is 10.2. The fourth-order valence-corrected chi connectivity index (χ4v) is 2.85. The Balaban J connectivity index is 2.51. The quantitative estimate of drug-likeness (QED) is 0.840. The van der Waals surface area contributed by atoms with E-state index in [1.165, 1.54) is 17.3 Å². The van der Waals surface area contributed by atoms with E-state index in [0.29, 0.717) is 10.6 Å². The van der Waals surface area contributed by atoms with E-state index in [0.717, 1.165) is 11.1 Å². The third-order valence-corrected chi connectivity index (χ3v) is 4.19. The molecule has 0 fully saturated rings. The Morgan fingerprint density at radius 2 is 2.06 bits per heavy atom. The second-order valence-corrected chi connectivity index (χ2v) is 5.51. The lowest BCUT2D eigenvalue weighted by Crippen LogP contribution is -2.12. The van der Waals surface area contributed by atoms with E-state index < -0.39 is 0 Å². The fourth-order valence-electron chi connectivity index (χ4n) is 1.78. The predicted octanol–water partition coefficient (Wildman–Crippen LogP) is 3.19. The number of aryl methyl sites for hydroxylation is 1. The minimum atomic E-state index is 0.0494. The van der Waals surface area contributed by atoms with Gasteiger partial charge < -0.3 is 5.73 Å². The minimum absolute atomic E-state index is 0.0494. The highest BCUT2D eigenvalue weighted by molar-refractivity contribution is 8.05. The van der Waals surface area contributed by atoms with Crippen molar-refractivity contribution in [2.75, 3.05) is 0 Å². The summed E-state index contributed by atoms with van der Waals surface area (Å²) < 4.78 is 0. The minimum Gasteiger partial charge on any atom is -0.392 e. The van der Waals surface area contributed by atoms with Crippen molar-refractivity contribution in [3.05, 3.63) is 52.1 Å². The maximum absolute atomic E-state index is 9.23. The van der Waals surface area contributed by atoms with Crippen molar-refractivity contribution in [2.45, 2.75) is 12.2 Å². The van der Waals surface area contributed by atoms with Gasteiger partial charge in [-0.2, -0.15) is 5.26 Å². The van der Waals surface area contributed by atoms with Gasteiger partial charge in [0.05, 0.1) is 15.9 Å². The molecule has 2 rings (SSSR count). The topological polar surface area (TPSA) is 49.8 Å². The summed E-state index contributed by atoms with van der Waals surface area (Å²) in [5.41, 5.74) is 9.53. The van der Waals surface area contributed by atoms with Gasteiger partial charge in [0.25, 0.3) is 0 Å². The number of nitrogens with zero attached hydrogens (tertiary/aromatic N) is 1. The number of nitrogens with two attached hydrogens (primary N) is 1. The van der Waals surface area contributed by atoms with Crippen molar-refractivity contribution < 1.29 is 0 Å². The number of hydrogen-bond acceptors (Lipinski definition) is 4. The van der Waals surface area contributed by atoms with E-state index in [1.807, 2.05) is 37.3 Å². The van der Waals surface area contributed by atoms with Gasteiger partial charge in [0.1, 0.15) is 6.07 Å². The molecule has 0 saturated heterocycles. The Bertz CT molecular complexity index is 577. The van der Waals surface area contributed by atoms with Crippen LogP contribution in [-0.4, -0.2) is 10.6 Å². The lowest BCUT2D eigenvalue weighted by atomic mass is 9.97. The van der Waals surface area contributed by atoms with Crippen LogP contribution in [0.5, 0.6) is 0 Å². The zero-order valence-electron chi connectivity index (χ0n) is 9.88. The van der Waals surface area contributed by atoms with Gasteiger partial charge in [-0.15, -0.1) is 0 Å². The van der Waals surface area contributed by atoms with Crippen molar-refractivity contribution in [1.29, 1.82) is 5.26 Å². The molecule has 18 heavy (non-hydrogen) atoms. The van der Waals surface area contributed by atoms with E-state index in [2.05, 4.69) is 6.07 Å². The molecule has 1 unspecified atom stereocenters. The summed E-state index contributed by atoms with van der Waals surface area (Å²) in [4.78, 5) is 0. The summed E-state index contributed by atoms with van der Waals surface area (Å²) in [6.45, 7) is 2.03. The molecule has 0 radical (unpaired) electrons. The first kappa shape index (κ1) is 12.9. The van der Waals surface area contributed by atoms with Crippen molar-refractivity contribution in [3.63, 3.8) is 0 Å². The molecule has 0 bridgehead atoms. The van der Waals surface area contributed by atoms with Crippen LogP contribution < -0.4 is 5.73 Å². The summed E-state index contributed by atoms with van der Waals surface area (Å²) in [7, 11) is 0. The number of hydrogen-bond donors (Lipinski definition) is 1. The molecule has 1 aromatic rings. The van der Waals surface area contributed by atoms with Crippen molar-refractivity contribution in [3.8, 4) is 6.07 Å². The molecule has 0 saturated carbocycles. The zero-order chi connectivity index (χ0) is 13.1. The van der Waals surface area contributed by atoms with Crippen molar-refractivity contribution >= 4 is 34.9 Å². The van der Waals surface area contributed by atoms with Crippen LogP contribution in [0.15, 0.2) is 40.9 Å². The van der Waals surface area contributed by atoms with Gasteiger partial charge in [-0.05, 0) is 23.4 Å². The number of benzene rings is 1. The van der Waals surface area contributed by atoms with E-state index in [-0.39, 0.29) is 5.25 Å². The van der Waals surface area contributed by atoms with Crippen LogP contribution in [0.3, 0.4) is 0 Å². The first-order valence-corrected chi connectivity index (χ1v) is 6.82. The molecule has 2 N–H and O–H groups in total. The highest BCUT2D eigenvalue weighted by Gasteiger charge is 2.21. The monoisotopic (exact) mass is 272 g/mol. The van der Waals surface area contributed by atoms with Gasteiger partial charge in [-0.3, -0.25) is 0 Å². The average Bonchev–Trinajstić information content (AvgIpc) is 2.38. The summed E-state index contributed by atoms with van der Waals surface area (Å²) >= 11 is 6.39. The van der Waals surface area contributed by atoms with E-state index >= 15 is 0 Å². The SMILES string of the molecule is Cc1ccc(C2=CC(C=S)SC(N)=C2C#N)cc1. The highest BCUT2D eigenvalue weighted by atomic mass is 32.2. The average molecular weight is 272 g/mol. The predicted molar refractivity (Wildman–Crippen MR) is 81.0 cm³/mol. The van der Waals surface area contributed by atoms with E-state index in [4.69, 9.17) is 18.0 Å². The third-order valence-electron chi connectivity index (χ3n) is 2.72. The fraction of sp³-hybridized carbons (Fsp3) is 0.143. The smallest absolute Gasteiger partial charge is 0.103 e. The third kappa shape index (κ3) is 2.47. The van der Waals surface area contributed by atoms with Crippen molar-refractivity contribution in [1.82, 2.24) is 0 Å². The molecule has 1 aliphatic rings. The number of thioether (sulfide) groups is 1. The largest absolute Gasteiger partial charge is 0.392 e. The molecular weight excluding hydrogens is 260 g/mol. The number of allylic oxidation sites excluding steroid dienone is 2. The summed E-state index contributed by atoms with van der Waals surface area (Å²) in [6.07, 6.45) is 2.00. The first-order chi connectivity index (χ1) is 8.65. The lowest BCUT2D eigenvalue weighted by molar-refractivity contribution is 1.38. The molecule has 1 atom stereocenters. The second-order valence-electron chi connectivity index (χ2n) is 4.02. The molecule has 90 valence electrons. The van der Waals surface area contributed by atoms with Gasteiger partial charge in [-0.1, -0.05) is 59.9 Å². The molecule has 4 heteroatoms. The van der Waals surface area contributed by atoms with Crippen LogP contribution in [0.2, 0.25) is 0 Å². The molecule has 1 aromatic carbocycles. The summed E-state index contributed by atoms with van der Waals surface area (Å²) in [5, 5.41) is 11.5. The van der Waals surface area contributed by atoms with E-state index in [9.17, 15) is 5.26 Å². The van der Waals surface area contributed by atoms with Gasteiger partial charge in [0.2, 0.25) is 0 Å². The van der Waals surface area contributed by atoms with Crippen molar-refractivity contribution in [2.24, 2.45) is 5.73 Å². The van der Waals surface area contributed by atoms with Gasteiger partial charge in [0.15, 0.2) is 0 Å². The lowest BCUT2D eigenvalue weighted by Gasteiger charge is -2.19. The van der Waals surface area contributed by atoms with Gasteiger partial charge in [-0.25, -0.2) is 0 Å². The Morgan fingerprint density at radius 1 is 1.39 bits per heavy atom. The number of thiocarbonyl (C=S) groups is 1. The van der Waals surface area contributed by atoms with E-state index in [1.54, 1.807) is 5.37 Å². The number of rotatable bonds is 2. The Labute approximate surface area is 116 Å². The molecule has 0 aromatic heterocycles. The van der Waals surface area contributed by atoms with Crippen LogP contribution in [0.1, 0.15) is 11.1 Å². The maximum atomic E-state index is 9.23. The van der Waals surface area contributed by atoms with Crippen LogP contribution in [0, 0.1) is 18.3 Å². The van der Waals surface area contributed by atoms with Crippen LogP contribution >= 0.6 is 24.0 Å². The summed E-state index contributed by atoms with van der Waals surface area (Å²) in [5.74, 6) is 0. The van der Waals surface area contributed by atoms with Gasteiger partial charge >= 0.3 is 0 Å². The molecular formula is C14H12N2S2. The molecule has 0 spiro atoms. The second kappa shape index (κ2) is 5.38. The number of nitriles is 1. The standard InChI is InChI=1S/C14H12N2S2/c1-9-2-4-10(5-3-9)12-6-11(8-17)18-14(16)13(12)7-15/h2-6,8,11H,16H2,1H3. The Morgan fingerprint density at radius 3 is 2.61 bits per heavy atom.